The fourth-order valence-electron chi connectivity index (χ4n) is 9.05. The highest BCUT2D eigenvalue weighted by molar-refractivity contribution is 7.27. The fraction of sp³-hybridized carbons (Fsp3) is 0. The summed E-state index contributed by atoms with van der Waals surface area (Å²) in [6, 6.07) is 78.1. The molecule has 0 unspecified atom stereocenters. The maximum absolute atomic E-state index is 2.45. The Labute approximate surface area is 350 Å². The van der Waals surface area contributed by atoms with E-state index in [1.54, 1.807) is 0 Å². The predicted octanol–water partition coefficient (Wildman–Crippen LogP) is 17.2. The first kappa shape index (κ1) is 34.0. The van der Waals surface area contributed by atoms with Crippen molar-refractivity contribution < 1.29 is 0 Å². The molecule has 0 aliphatic heterocycles. The molecule has 0 aliphatic carbocycles. The number of rotatable bonds is 6. The highest BCUT2D eigenvalue weighted by Crippen LogP contribution is 2.48. The molecule has 12 aromatic rings. The molecule has 0 saturated heterocycles. The standard InChI is InChI=1S/C56H35NS2/c1-2-11-37(12-3-1)47-17-8-18-48-49-19-9-20-51(56(49)59-55(47)48)57(43-32-27-39(28-33-43)46-16-10-22-53-54(46)50-15-6-7-21-52(50)58-53)42-30-25-36(26-31-42)40-29-34-45-41(35-40)24-23-38-13-4-5-14-44(38)45/h1-35H. The lowest BCUT2D eigenvalue weighted by Crippen LogP contribution is -2.10. The maximum atomic E-state index is 2.45. The van der Waals surface area contributed by atoms with Crippen LogP contribution in [0.3, 0.4) is 0 Å². The van der Waals surface area contributed by atoms with E-state index in [0.29, 0.717) is 0 Å². The van der Waals surface area contributed by atoms with Crippen LogP contribution in [-0.4, -0.2) is 0 Å². The van der Waals surface area contributed by atoms with Crippen molar-refractivity contribution in [2.75, 3.05) is 4.90 Å². The van der Waals surface area contributed by atoms with Gasteiger partial charge in [0.25, 0.3) is 0 Å². The van der Waals surface area contributed by atoms with E-state index in [9.17, 15) is 0 Å². The largest absolute Gasteiger partial charge is 0.309 e. The Hall–Kier alpha value is -7.04. The van der Waals surface area contributed by atoms with Crippen LogP contribution in [0, 0.1) is 0 Å². The summed E-state index contributed by atoms with van der Waals surface area (Å²) in [5.41, 5.74) is 10.8. The first-order chi connectivity index (χ1) is 29.2. The lowest BCUT2D eigenvalue weighted by atomic mass is 9.97. The molecule has 0 aliphatic rings. The molecule has 0 spiro atoms. The molecule has 12 rings (SSSR count). The third-order valence-corrected chi connectivity index (χ3v) is 14.3. The predicted molar refractivity (Wildman–Crippen MR) is 258 cm³/mol. The Kier molecular flexibility index (Phi) is 7.97. The normalized spacial score (nSPS) is 11.7. The van der Waals surface area contributed by atoms with Crippen LogP contribution in [0.1, 0.15) is 0 Å². The minimum absolute atomic E-state index is 1.12. The monoisotopic (exact) mass is 785 g/mol. The molecule has 0 N–H and O–H groups in total. The average Bonchev–Trinajstić information content (AvgIpc) is 3.89. The zero-order valence-corrected chi connectivity index (χ0v) is 33.6. The van der Waals surface area contributed by atoms with E-state index in [1.807, 2.05) is 22.7 Å². The minimum Gasteiger partial charge on any atom is -0.309 e. The van der Waals surface area contributed by atoms with Gasteiger partial charge in [0.15, 0.2) is 0 Å². The number of benzene rings is 10. The van der Waals surface area contributed by atoms with E-state index in [4.69, 9.17) is 0 Å². The van der Waals surface area contributed by atoms with E-state index in [0.717, 1.165) is 11.4 Å². The smallest absolute Gasteiger partial charge is 0.0640 e. The second-order valence-electron chi connectivity index (χ2n) is 15.2. The third kappa shape index (κ3) is 5.66. The first-order valence-corrected chi connectivity index (χ1v) is 21.7. The van der Waals surface area contributed by atoms with Crippen molar-refractivity contribution in [3.8, 4) is 33.4 Å². The Morgan fingerprint density at radius 1 is 0.305 bits per heavy atom. The van der Waals surface area contributed by atoms with Gasteiger partial charge < -0.3 is 4.90 Å². The third-order valence-electron chi connectivity index (χ3n) is 11.9. The number of anilines is 3. The summed E-state index contributed by atoms with van der Waals surface area (Å²) in [5.74, 6) is 0. The molecular formula is C56H35NS2. The Balaban J connectivity index is 1.01. The maximum Gasteiger partial charge on any atom is 0.0640 e. The van der Waals surface area contributed by atoms with Crippen molar-refractivity contribution in [1.29, 1.82) is 0 Å². The van der Waals surface area contributed by atoms with Crippen LogP contribution in [0.5, 0.6) is 0 Å². The Morgan fingerprint density at radius 2 is 0.881 bits per heavy atom. The molecule has 0 bridgehead atoms. The highest BCUT2D eigenvalue weighted by Gasteiger charge is 2.20. The molecule has 276 valence electrons. The van der Waals surface area contributed by atoms with E-state index in [1.165, 1.54) is 101 Å². The van der Waals surface area contributed by atoms with Gasteiger partial charge in [0.2, 0.25) is 0 Å². The minimum atomic E-state index is 1.12. The molecule has 10 aromatic carbocycles. The zero-order chi connectivity index (χ0) is 38.9. The van der Waals surface area contributed by atoms with Crippen molar-refractivity contribution in [3.63, 3.8) is 0 Å². The van der Waals surface area contributed by atoms with Crippen molar-refractivity contribution in [2.24, 2.45) is 0 Å². The van der Waals surface area contributed by atoms with Crippen LogP contribution in [-0.2, 0) is 0 Å². The Bertz CT molecular complexity index is 3540. The molecule has 0 fully saturated rings. The number of hydrogen-bond acceptors (Lipinski definition) is 3. The van der Waals surface area contributed by atoms with Gasteiger partial charge in [-0.15, -0.1) is 22.7 Å². The van der Waals surface area contributed by atoms with Crippen molar-refractivity contribution in [1.82, 2.24) is 0 Å². The van der Waals surface area contributed by atoms with E-state index in [-0.39, 0.29) is 0 Å². The molecule has 59 heavy (non-hydrogen) atoms. The van der Waals surface area contributed by atoms with Gasteiger partial charge >= 0.3 is 0 Å². The highest BCUT2D eigenvalue weighted by atomic mass is 32.1. The summed E-state index contributed by atoms with van der Waals surface area (Å²) in [6.45, 7) is 0. The topological polar surface area (TPSA) is 3.24 Å². The van der Waals surface area contributed by atoms with Crippen LogP contribution in [0.4, 0.5) is 17.1 Å². The lowest BCUT2D eigenvalue weighted by molar-refractivity contribution is 1.30. The Morgan fingerprint density at radius 3 is 1.71 bits per heavy atom. The molecule has 0 saturated carbocycles. The van der Waals surface area contributed by atoms with E-state index < -0.39 is 0 Å². The summed E-state index contributed by atoms with van der Waals surface area (Å²) in [5, 5.41) is 10.3. The zero-order valence-electron chi connectivity index (χ0n) is 32.0. The second kappa shape index (κ2) is 13.8. The summed E-state index contributed by atoms with van der Waals surface area (Å²) in [6.07, 6.45) is 0. The van der Waals surface area contributed by atoms with Gasteiger partial charge in [-0.05, 0) is 103 Å². The average molecular weight is 786 g/mol. The first-order valence-electron chi connectivity index (χ1n) is 20.1. The summed E-state index contributed by atoms with van der Waals surface area (Å²) in [7, 11) is 0. The quantitative estimate of drug-likeness (QED) is 0.152. The molecule has 0 atom stereocenters. The van der Waals surface area contributed by atoms with Crippen LogP contribution < -0.4 is 4.90 Å². The van der Waals surface area contributed by atoms with Gasteiger partial charge in [-0.25, -0.2) is 0 Å². The van der Waals surface area contributed by atoms with Crippen LogP contribution in [0.15, 0.2) is 212 Å². The summed E-state index contributed by atoms with van der Waals surface area (Å²) in [4.78, 5) is 2.45. The number of hydrogen-bond donors (Lipinski definition) is 0. The second-order valence-corrected chi connectivity index (χ2v) is 17.3. The lowest BCUT2D eigenvalue weighted by Gasteiger charge is -2.26. The van der Waals surface area contributed by atoms with E-state index in [2.05, 4.69) is 217 Å². The van der Waals surface area contributed by atoms with Gasteiger partial charge in [-0.2, -0.15) is 0 Å². The van der Waals surface area contributed by atoms with Gasteiger partial charge in [-0.1, -0.05) is 164 Å². The van der Waals surface area contributed by atoms with Gasteiger partial charge in [0, 0.05) is 47.0 Å². The van der Waals surface area contributed by atoms with Crippen molar-refractivity contribution in [2.45, 2.75) is 0 Å². The molecule has 2 aromatic heterocycles. The van der Waals surface area contributed by atoms with Crippen molar-refractivity contribution >= 4 is 102 Å². The van der Waals surface area contributed by atoms with Crippen LogP contribution >= 0.6 is 22.7 Å². The van der Waals surface area contributed by atoms with Gasteiger partial charge in [0.1, 0.15) is 0 Å². The van der Waals surface area contributed by atoms with Crippen LogP contribution in [0.2, 0.25) is 0 Å². The molecular weight excluding hydrogens is 751 g/mol. The molecule has 2 heterocycles. The molecule has 3 heteroatoms. The van der Waals surface area contributed by atoms with Crippen molar-refractivity contribution in [3.05, 3.63) is 212 Å². The number of thiophene rings is 2. The molecule has 0 amide bonds. The summed E-state index contributed by atoms with van der Waals surface area (Å²) < 4.78 is 5.23. The van der Waals surface area contributed by atoms with Gasteiger partial charge in [-0.3, -0.25) is 0 Å². The number of fused-ring (bicyclic) bond motifs is 9. The van der Waals surface area contributed by atoms with Gasteiger partial charge in [0.05, 0.1) is 10.4 Å². The SMILES string of the molecule is c1ccc(-c2cccc3c2sc2c(N(c4ccc(-c5ccc6c(ccc7ccccc76)c5)cc4)c4ccc(-c5cccc6sc7ccccc7c56)cc4)cccc23)cc1. The number of nitrogens with zero attached hydrogens (tertiary/aromatic N) is 1. The van der Waals surface area contributed by atoms with Crippen LogP contribution in [0.25, 0.3) is 95.3 Å². The fourth-order valence-corrected chi connectivity index (χ4v) is 11.5. The molecule has 0 radical (unpaired) electrons. The summed E-state index contributed by atoms with van der Waals surface area (Å²) >= 11 is 3.76. The molecule has 1 nitrogen and oxygen atoms in total. The van der Waals surface area contributed by atoms with E-state index >= 15 is 0 Å².